The summed E-state index contributed by atoms with van der Waals surface area (Å²) in [4.78, 5) is 9.75. The summed E-state index contributed by atoms with van der Waals surface area (Å²) < 4.78 is 2.15. The molecular formula is C21H22IrN3-. The van der Waals surface area contributed by atoms with Gasteiger partial charge in [-0.15, -0.1) is 6.07 Å². The third kappa shape index (κ3) is 2.74. The summed E-state index contributed by atoms with van der Waals surface area (Å²) in [5, 5.41) is 1.04. The second kappa shape index (κ2) is 5.82. The molecule has 0 saturated carbocycles. The van der Waals surface area contributed by atoms with Gasteiger partial charge in [0.2, 0.25) is 0 Å². The van der Waals surface area contributed by atoms with Gasteiger partial charge in [-0.2, -0.15) is 12.5 Å². The fourth-order valence-electron chi connectivity index (χ4n) is 3.21. The van der Waals surface area contributed by atoms with Gasteiger partial charge in [0.1, 0.15) is 0 Å². The van der Waals surface area contributed by atoms with Crippen LogP contribution in [0.1, 0.15) is 43.2 Å². The molecule has 0 aliphatic carbocycles. The van der Waals surface area contributed by atoms with E-state index in [1.165, 1.54) is 11.1 Å². The Morgan fingerprint density at radius 1 is 0.960 bits per heavy atom. The first-order chi connectivity index (χ1) is 11.3. The summed E-state index contributed by atoms with van der Waals surface area (Å²) in [5.41, 5.74) is 8.64. The van der Waals surface area contributed by atoms with Crippen molar-refractivity contribution in [3.05, 3.63) is 59.8 Å². The molecule has 3 nitrogen and oxygen atoms in total. The van der Waals surface area contributed by atoms with E-state index >= 15 is 0 Å². The Morgan fingerprint density at radius 3 is 2.32 bits per heavy atom. The molecule has 0 aliphatic rings. The smallest absolute Gasteiger partial charge is 0.0906 e. The van der Waals surface area contributed by atoms with Crippen LogP contribution in [0.25, 0.3) is 27.6 Å². The third-order valence-electron chi connectivity index (χ3n) is 4.81. The van der Waals surface area contributed by atoms with Gasteiger partial charge in [0.25, 0.3) is 0 Å². The quantitative estimate of drug-likeness (QED) is 0.308. The first kappa shape index (κ1) is 17.9. The van der Waals surface area contributed by atoms with E-state index in [0.717, 1.165) is 38.8 Å². The summed E-state index contributed by atoms with van der Waals surface area (Å²) in [6.07, 6.45) is 2.07. The molecule has 3 heterocycles. The summed E-state index contributed by atoms with van der Waals surface area (Å²) in [6, 6.07) is 8.53. The molecule has 0 aliphatic heterocycles. The summed E-state index contributed by atoms with van der Waals surface area (Å²) in [7, 11) is 0. The number of nitrogens with zero attached hydrogens (tertiary/aromatic N) is 3. The van der Waals surface area contributed by atoms with Crippen molar-refractivity contribution in [2.75, 3.05) is 0 Å². The number of hydrogen-bond donors (Lipinski definition) is 0. The fraction of sp³-hybridized carbons (Fsp3) is 0.286. The van der Waals surface area contributed by atoms with E-state index in [2.05, 4.69) is 76.4 Å². The summed E-state index contributed by atoms with van der Waals surface area (Å²) in [5.74, 6) is 0. The maximum Gasteiger partial charge on any atom is 0.0906 e. The number of hydrogen-bond acceptors (Lipinski definition) is 2. The first-order valence-corrected chi connectivity index (χ1v) is 8.31. The van der Waals surface area contributed by atoms with Crippen LogP contribution < -0.4 is 0 Å². The number of benzene rings is 1. The molecule has 25 heavy (non-hydrogen) atoms. The largest absolute Gasteiger partial charge is 0.309 e. The molecular weight excluding hydrogens is 486 g/mol. The predicted molar refractivity (Wildman–Crippen MR) is 101 cm³/mol. The number of rotatable bonds is 0. The van der Waals surface area contributed by atoms with Crippen molar-refractivity contribution in [2.45, 2.75) is 40.0 Å². The normalized spacial score (nSPS) is 12.0. The zero-order chi connectivity index (χ0) is 17.2. The molecule has 0 atom stereocenters. The Bertz CT molecular complexity index is 1120. The van der Waals surface area contributed by atoms with Gasteiger partial charge in [-0.1, -0.05) is 26.2 Å². The Morgan fingerprint density at radius 2 is 1.64 bits per heavy atom. The van der Waals surface area contributed by atoms with Crippen LogP contribution in [0.15, 0.2) is 30.5 Å². The average Bonchev–Trinajstić information content (AvgIpc) is 2.84. The summed E-state index contributed by atoms with van der Waals surface area (Å²) in [6.45, 7) is 15.1. The van der Waals surface area contributed by atoms with Gasteiger partial charge in [0.05, 0.1) is 16.7 Å². The number of imidazole rings is 1. The molecule has 4 rings (SSSR count). The van der Waals surface area contributed by atoms with Gasteiger partial charge in [0.15, 0.2) is 0 Å². The van der Waals surface area contributed by atoms with Crippen LogP contribution in [0.2, 0.25) is 0 Å². The van der Waals surface area contributed by atoms with Crippen LogP contribution in [0.4, 0.5) is 0 Å². The first-order valence-electron chi connectivity index (χ1n) is 8.31. The Hall–Kier alpha value is -1.90. The van der Waals surface area contributed by atoms with E-state index in [4.69, 9.17) is 9.97 Å². The Labute approximate surface area is 161 Å². The van der Waals surface area contributed by atoms with Crippen molar-refractivity contribution in [1.29, 1.82) is 0 Å². The average molecular weight is 509 g/mol. The van der Waals surface area contributed by atoms with Crippen LogP contribution in [0.3, 0.4) is 0 Å². The monoisotopic (exact) mass is 509 g/mol. The third-order valence-corrected chi connectivity index (χ3v) is 4.81. The summed E-state index contributed by atoms with van der Waals surface area (Å²) >= 11 is 0. The molecule has 1 aromatic carbocycles. The molecule has 0 spiro atoms. The maximum absolute atomic E-state index is 4.88. The van der Waals surface area contributed by atoms with Crippen molar-refractivity contribution in [1.82, 2.24) is 14.4 Å². The molecule has 0 N–H and O–H groups in total. The van der Waals surface area contributed by atoms with Crippen LogP contribution in [-0.2, 0) is 25.5 Å². The molecule has 0 bridgehead atoms. The van der Waals surface area contributed by atoms with Crippen LogP contribution in [-0.4, -0.2) is 14.4 Å². The number of aryl methyl sites for hydroxylation is 2. The van der Waals surface area contributed by atoms with Gasteiger partial charge in [0, 0.05) is 31.8 Å². The standard InChI is InChI=1S/C21H22N3.Ir/c1-12-9-16-17(10-13(12)2)24-8-7-15-19(20(24)23-16)14(3)11-18(22-15)21(4,5)6;/h7-11H,3H2,1-2,4-6H3;/q-1;. The van der Waals surface area contributed by atoms with Crippen molar-refractivity contribution < 1.29 is 20.1 Å². The van der Waals surface area contributed by atoms with Gasteiger partial charge in [-0.25, -0.2) is 4.98 Å². The number of fused-ring (bicyclic) bond motifs is 5. The van der Waals surface area contributed by atoms with Crippen molar-refractivity contribution in [2.24, 2.45) is 0 Å². The van der Waals surface area contributed by atoms with Crippen molar-refractivity contribution in [3.8, 4) is 0 Å². The Balaban J connectivity index is 0.00000182. The van der Waals surface area contributed by atoms with Gasteiger partial charge < -0.3 is 4.40 Å². The van der Waals surface area contributed by atoms with Crippen LogP contribution in [0, 0.1) is 20.8 Å². The molecule has 0 saturated heterocycles. The predicted octanol–water partition coefficient (Wildman–Crippen LogP) is 5.13. The van der Waals surface area contributed by atoms with Crippen LogP contribution in [0.5, 0.6) is 0 Å². The van der Waals surface area contributed by atoms with E-state index in [1.54, 1.807) is 0 Å². The molecule has 0 amide bonds. The minimum absolute atomic E-state index is 0. The van der Waals surface area contributed by atoms with Crippen molar-refractivity contribution >= 4 is 27.6 Å². The van der Waals surface area contributed by atoms with Crippen molar-refractivity contribution in [3.63, 3.8) is 0 Å². The molecule has 4 aromatic rings. The minimum Gasteiger partial charge on any atom is -0.309 e. The maximum atomic E-state index is 4.88. The molecule has 4 heteroatoms. The molecule has 0 fully saturated rings. The topological polar surface area (TPSA) is 30.2 Å². The minimum atomic E-state index is 0. The van der Waals surface area contributed by atoms with Gasteiger partial charge in [-0.05, 0) is 54.3 Å². The Kier molecular flexibility index (Phi) is 4.17. The zero-order valence-corrected chi connectivity index (χ0v) is 17.7. The molecule has 1 radical (unpaired) electrons. The molecule has 0 unspecified atom stereocenters. The zero-order valence-electron chi connectivity index (χ0n) is 15.3. The van der Waals surface area contributed by atoms with E-state index in [9.17, 15) is 0 Å². The second-order valence-corrected chi connectivity index (χ2v) is 7.72. The second-order valence-electron chi connectivity index (χ2n) is 7.72. The van der Waals surface area contributed by atoms with E-state index in [0.29, 0.717) is 0 Å². The van der Waals surface area contributed by atoms with E-state index in [-0.39, 0.29) is 25.5 Å². The van der Waals surface area contributed by atoms with E-state index < -0.39 is 0 Å². The number of pyridine rings is 2. The van der Waals surface area contributed by atoms with E-state index in [1.807, 2.05) is 0 Å². The fourth-order valence-corrected chi connectivity index (χ4v) is 3.21. The molecule has 131 valence electrons. The SMILES string of the molecule is [CH2-]c1cc(C(C)(C)C)nc2ccn3c4cc(C)c(C)cc4nc3c12.[Ir]. The van der Waals surface area contributed by atoms with Crippen LogP contribution >= 0.6 is 0 Å². The molecule has 3 aromatic heterocycles. The number of aromatic nitrogens is 3. The van der Waals surface area contributed by atoms with Gasteiger partial charge >= 0.3 is 0 Å². The van der Waals surface area contributed by atoms with Gasteiger partial charge in [-0.3, -0.25) is 4.98 Å².